The highest BCUT2D eigenvalue weighted by Crippen LogP contribution is 2.23. The molecule has 0 saturated heterocycles. The van der Waals surface area contributed by atoms with Crippen molar-refractivity contribution >= 4 is 5.69 Å². The molecule has 0 saturated carbocycles. The zero-order chi connectivity index (χ0) is 15.3. The van der Waals surface area contributed by atoms with Crippen LogP contribution in [0.3, 0.4) is 0 Å². The molecule has 0 aliphatic rings. The van der Waals surface area contributed by atoms with Crippen molar-refractivity contribution in [3.63, 3.8) is 0 Å². The van der Waals surface area contributed by atoms with Crippen LogP contribution >= 0.6 is 0 Å². The maximum atomic E-state index is 13.4. The topological polar surface area (TPSA) is 49.5 Å². The van der Waals surface area contributed by atoms with Crippen molar-refractivity contribution in [1.29, 1.82) is 0 Å². The summed E-state index contributed by atoms with van der Waals surface area (Å²) in [6.07, 6.45) is 0. The smallest absolute Gasteiger partial charge is 0.125 e. The number of nitrogens with zero attached hydrogens (tertiary/aromatic N) is 1. The highest BCUT2D eigenvalue weighted by Gasteiger charge is 2.29. The van der Waals surface area contributed by atoms with Gasteiger partial charge in [0.15, 0.2) is 0 Å². The van der Waals surface area contributed by atoms with E-state index in [0.717, 1.165) is 11.3 Å². The SMILES string of the molecule is CCN(CC(N)(CO)c1ccccc1)c1cccc(F)c1. The van der Waals surface area contributed by atoms with Gasteiger partial charge in [-0.2, -0.15) is 0 Å². The third kappa shape index (κ3) is 3.60. The summed E-state index contributed by atoms with van der Waals surface area (Å²) >= 11 is 0. The van der Waals surface area contributed by atoms with Crippen molar-refractivity contribution in [2.45, 2.75) is 12.5 Å². The van der Waals surface area contributed by atoms with Gasteiger partial charge in [-0.15, -0.1) is 0 Å². The van der Waals surface area contributed by atoms with Gasteiger partial charge in [0.1, 0.15) is 5.82 Å². The zero-order valence-electron chi connectivity index (χ0n) is 12.2. The summed E-state index contributed by atoms with van der Waals surface area (Å²) < 4.78 is 13.4. The number of rotatable bonds is 6. The first-order valence-corrected chi connectivity index (χ1v) is 7.05. The van der Waals surface area contributed by atoms with E-state index < -0.39 is 5.54 Å². The Morgan fingerprint density at radius 1 is 1.14 bits per heavy atom. The predicted molar refractivity (Wildman–Crippen MR) is 83.7 cm³/mol. The quantitative estimate of drug-likeness (QED) is 0.858. The third-order valence-electron chi connectivity index (χ3n) is 3.66. The summed E-state index contributed by atoms with van der Waals surface area (Å²) in [6.45, 7) is 2.89. The number of nitrogens with two attached hydrogens (primary N) is 1. The number of anilines is 1. The van der Waals surface area contributed by atoms with Crippen molar-refractivity contribution in [2.24, 2.45) is 5.73 Å². The van der Waals surface area contributed by atoms with E-state index in [1.807, 2.05) is 48.2 Å². The van der Waals surface area contributed by atoms with Gasteiger partial charge in [-0.3, -0.25) is 0 Å². The molecule has 0 amide bonds. The van der Waals surface area contributed by atoms with Gasteiger partial charge < -0.3 is 15.7 Å². The second-order valence-electron chi connectivity index (χ2n) is 5.17. The Balaban J connectivity index is 2.27. The predicted octanol–water partition coefficient (Wildman–Crippen LogP) is 2.50. The van der Waals surface area contributed by atoms with Crippen LogP contribution in [0.2, 0.25) is 0 Å². The molecule has 0 aliphatic carbocycles. The molecule has 3 N–H and O–H groups in total. The second kappa shape index (κ2) is 6.70. The molecule has 0 radical (unpaired) electrons. The fourth-order valence-electron chi connectivity index (χ4n) is 2.40. The molecule has 3 nitrogen and oxygen atoms in total. The molecule has 4 heteroatoms. The van der Waals surface area contributed by atoms with Crippen LogP contribution in [0.5, 0.6) is 0 Å². The first kappa shape index (κ1) is 15.5. The first-order chi connectivity index (χ1) is 10.1. The lowest BCUT2D eigenvalue weighted by Crippen LogP contribution is -2.50. The number of aliphatic hydroxyl groups is 1. The Morgan fingerprint density at radius 3 is 2.43 bits per heavy atom. The van der Waals surface area contributed by atoms with Crippen molar-refractivity contribution < 1.29 is 9.50 Å². The minimum Gasteiger partial charge on any atom is -0.394 e. The summed E-state index contributed by atoms with van der Waals surface area (Å²) in [6, 6.07) is 15.9. The summed E-state index contributed by atoms with van der Waals surface area (Å²) in [4.78, 5) is 1.96. The van der Waals surface area contributed by atoms with Crippen LogP contribution in [0, 0.1) is 5.82 Å². The molecule has 0 aromatic heterocycles. The average Bonchev–Trinajstić information content (AvgIpc) is 2.53. The molecule has 0 spiro atoms. The first-order valence-electron chi connectivity index (χ1n) is 7.05. The molecule has 0 heterocycles. The van der Waals surface area contributed by atoms with Gasteiger partial charge >= 0.3 is 0 Å². The maximum Gasteiger partial charge on any atom is 0.125 e. The van der Waals surface area contributed by atoms with Gasteiger partial charge in [-0.25, -0.2) is 4.39 Å². The minimum absolute atomic E-state index is 0.178. The molecule has 2 aromatic carbocycles. The monoisotopic (exact) mass is 288 g/mol. The Morgan fingerprint density at radius 2 is 1.86 bits per heavy atom. The fourth-order valence-corrected chi connectivity index (χ4v) is 2.40. The lowest BCUT2D eigenvalue weighted by atomic mass is 9.91. The number of likely N-dealkylation sites (N-methyl/N-ethyl adjacent to an activating group) is 1. The van der Waals surface area contributed by atoms with Gasteiger partial charge in [0.25, 0.3) is 0 Å². The molecular weight excluding hydrogens is 267 g/mol. The molecule has 21 heavy (non-hydrogen) atoms. The molecule has 2 rings (SSSR count). The molecular formula is C17H21FN2O. The fraction of sp³-hybridized carbons (Fsp3) is 0.294. The molecule has 112 valence electrons. The van der Waals surface area contributed by atoms with Crippen LogP contribution in [-0.2, 0) is 5.54 Å². The van der Waals surface area contributed by atoms with E-state index >= 15 is 0 Å². The molecule has 2 aromatic rings. The van der Waals surface area contributed by atoms with E-state index in [1.165, 1.54) is 12.1 Å². The summed E-state index contributed by atoms with van der Waals surface area (Å²) in [5, 5.41) is 9.76. The summed E-state index contributed by atoms with van der Waals surface area (Å²) in [5.41, 5.74) is 7.12. The Labute approximate surface area is 124 Å². The molecule has 1 unspecified atom stereocenters. The van der Waals surface area contributed by atoms with Crippen LogP contribution < -0.4 is 10.6 Å². The largest absolute Gasteiger partial charge is 0.394 e. The van der Waals surface area contributed by atoms with Gasteiger partial charge in [0.2, 0.25) is 0 Å². The van der Waals surface area contributed by atoms with Crippen LogP contribution in [0.15, 0.2) is 54.6 Å². The molecule has 0 fully saturated rings. The van der Waals surface area contributed by atoms with Crippen LogP contribution in [0.25, 0.3) is 0 Å². The molecule has 0 aliphatic heterocycles. The van der Waals surface area contributed by atoms with Gasteiger partial charge in [0.05, 0.1) is 12.1 Å². The minimum atomic E-state index is -0.885. The van der Waals surface area contributed by atoms with E-state index in [4.69, 9.17) is 5.73 Å². The summed E-state index contributed by atoms with van der Waals surface area (Å²) in [7, 11) is 0. The number of aliphatic hydroxyl groups excluding tert-OH is 1. The Kier molecular flexibility index (Phi) is 4.94. The zero-order valence-corrected chi connectivity index (χ0v) is 12.2. The van der Waals surface area contributed by atoms with E-state index in [2.05, 4.69) is 0 Å². The van der Waals surface area contributed by atoms with E-state index in [0.29, 0.717) is 13.1 Å². The van der Waals surface area contributed by atoms with E-state index in [1.54, 1.807) is 6.07 Å². The highest BCUT2D eigenvalue weighted by atomic mass is 19.1. The van der Waals surface area contributed by atoms with Crippen molar-refractivity contribution in [2.75, 3.05) is 24.6 Å². The number of hydrogen-bond donors (Lipinski definition) is 2. The maximum absolute atomic E-state index is 13.4. The number of hydrogen-bond acceptors (Lipinski definition) is 3. The number of halogens is 1. The number of benzene rings is 2. The van der Waals surface area contributed by atoms with Crippen molar-refractivity contribution in [3.05, 3.63) is 66.0 Å². The van der Waals surface area contributed by atoms with Crippen LogP contribution in [-0.4, -0.2) is 24.8 Å². The molecule has 1 atom stereocenters. The lowest BCUT2D eigenvalue weighted by Gasteiger charge is -2.35. The van der Waals surface area contributed by atoms with Crippen molar-refractivity contribution in [1.82, 2.24) is 0 Å². The van der Waals surface area contributed by atoms with Crippen LogP contribution in [0.1, 0.15) is 12.5 Å². The Bertz CT molecular complexity index is 576. The Hall–Kier alpha value is -1.91. The summed E-state index contributed by atoms with van der Waals surface area (Å²) in [5.74, 6) is -0.280. The third-order valence-corrected chi connectivity index (χ3v) is 3.66. The average molecular weight is 288 g/mol. The van der Waals surface area contributed by atoms with Gasteiger partial charge in [-0.1, -0.05) is 36.4 Å². The van der Waals surface area contributed by atoms with Gasteiger partial charge in [-0.05, 0) is 30.7 Å². The lowest BCUT2D eigenvalue weighted by molar-refractivity contribution is 0.199. The highest BCUT2D eigenvalue weighted by molar-refractivity contribution is 5.47. The van der Waals surface area contributed by atoms with Crippen molar-refractivity contribution in [3.8, 4) is 0 Å². The van der Waals surface area contributed by atoms with E-state index in [9.17, 15) is 9.50 Å². The van der Waals surface area contributed by atoms with E-state index in [-0.39, 0.29) is 12.4 Å². The second-order valence-corrected chi connectivity index (χ2v) is 5.17. The van der Waals surface area contributed by atoms with Crippen LogP contribution in [0.4, 0.5) is 10.1 Å². The normalized spacial score (nSPS) is 13.7. The standard InChI is InChI=1S/C17H21FN2O/c1-2-20(16-10-6-9-15(18)11-16)12-17(19,13-21)14-7-4-3-5-8-14/h3-11,21H,2,12-13,19H2,1H3. The molecule has 0 bridgehead atoms. The van der Waals surface area contributed by atoms with Gasteiger partial charge in [0, 0.05) is 18.8 Å².